The number of benzene rings is 2. The van der Waals surface area contributed by atoms with E-state index in [1.165, 1.54) is 42.1 Å². The molecule has 0 aliphatic carbocycles. The molecule has 0 aliphatic rings. The average Bonchev–Trinajstić information content (AvgIpc) is 2.64. The summed E-state index contributed by atoms with van der Waals surface area (Å²) in [5, 5.41) is 3.39. The molecule has 0 spiro atoms. The summed E-state index contributed by atoms with van der Waals surface area (Å²) in [5.41, 5.74) is 0. The van der Waals surface area contributed by atoms with E-state index in [2.05, 4.69) is 94.5 Å². The molecule has 1 radical (unpaired) electrons. The van der Waals surface area contributed by atoms with Crippen LogP contribution in [0.5, 0.6) is 0 Å². The highest BCUT2D eigenvalue weighted by Crippen LogP contribution is 2.36. The smallest absolute Gasteiger partial charge is 0.191 e. The Balaban J connectivity index is 1.77. The van der Waals surface area contributed by atoms with Crippen LogP contribution < -0.4 is 10.4 Å². The lowest BCUT2D eigenvalue weighted by Gasteiger charge is -2.36. The van der Waals surface area contributed by atoms with E-state index < -0.39 is 17.1 Å². The summed E-state index contributed by atoms with van der Waals surface area (Å²) in [6.07, 6.45) is 5.12. The molecule has 147 valence electrons. The van der Waals surface area contributed by atoms with Gasteiger partial charge in [0, 0.05) is 6.61 Å². The van der Waals surface area contributed by atoms with E-state index >= 15 is 0 Å². The van der Waals surface area contributed by atoms with Crippen LogP contribution >= 0.6 is 0 Å². The van der Waals surface area contributed by atoms with E-state index in [4.69, 9.17) is 4.43 Å². The van der Waals surface area contributed by atoms with Gasteiger partial charge in [-0.25, -0.2) is 0 Å². The molecule has 1 nitrogen and oxygen atoms in total. The quantitative estimate of drug-likeness (QED) is 0.359. The third-order valence-corrected chi connectivity index (χ3v) is 13.3. The molecule has 0 heterocycles. The Hall–Kier alpha value is -1.17. The van der Waals surface area contributed by atoms with Crippen LogP contribution in [0.2, 0.25) is 24.2 Å². The van der Waals surface area contributed by atoms with Gasteiger partial charge in [0.25, 0.3) is 0 Å². The summed E-state index contributed by atoms with van der Waals surface area (Å²) >= 11 is 0. The number of hydrogen-bond donors (Lipinski definition) is 0. The van der Waals surface area contributed by atoms with Crippen LogP contribution in [0.1, 0.15) is 46.5 Å². The van der Waals surface area contributed by atoms with Gasteiger partial charge < -0.3 is 4.43 Å². The second-order valence-corrected chi connectivity index (χ2v) is 16.4. The molecule has 0 aliphatic heterocycles. The molecule has 2 aromatic rings. The molecule has 0 atom stereocenters. The van der Waals surface area contributed by atoms with Crippen molar-refractivity contribution < 1.29 is 4.43 Å². The Labute approximate surface area is 169 Å². The third kappa shape index (κ3) is 7.06. The first kappa shape index (κ1) is 22.1. The van der Waals surface area contributed by atoms with Gasteiger partial charge in [0.05, 0.1) is 0 Å². The summed E-state index contributed by atoms with van der Waals surface area (Å²) in [5.74, 6) is 0. The summed E-state index contributed by atoms with van der Waals surface area (Å²) in [7, 11) is -2.23. The Bertz CT molecular complexity index is 608. The zero-order chi connectivity index (χ0) is 19.8. The van der Waals surface area contributed by atoms with Gasteiger partial charge in [-0.15, -0.1) is 0 Å². The highest BCUT2D eigenvalue weighted by Gasteiger charge is 2.36. The standard InChI is InChI=1S/C24H37OSi2/c1-24(2,3)27(4,5)25-20-14-6-7-15-21-26(22-16-10-8-11-17-22)23-18-12-9-13-19-23/h8-13,16-19H,6-7,14-15,20-21H2,1-5H3. The first-order valence-electron chi connectivity index (χ1n) is 10.4. The molecular weight excluding hydrogens is 360 g/mol. The average molecular weight is 398 g/mol. The fourth-order valence-electron chi connectivity index (χ4n) is 3.04. The summed E-state index contributed by atoms with van der Waals surface area (Å²) < 4.78 is 6.31. The van der Waals surface area contributed by atoms with Crippen molar-refractivity contribution in [2.24, 2.45) is 0 Å². The molecule has 27 heavy (non-hydrogen) atoms. The van der Waals surface area contributed by atoms with Gasteiger partial charge in [-0.2, -0.15) is 0 Å². The van der Waals surface area contributed by atoms with Crippen LogP contribution in [0.4, 0.5) is 0 Å². The minimum absolute atomic E-state index is 0.315. The lowest BCUT2D eigenvalue weighted by atomic mass is 10.2. The second kappa shape index (κ2) is 10.4. The Morgan fingerprint density at radius 3 is 1.70 bits per heavy atom. The molecule has 0 saturated heterocycles. The molecule has 0 saturated carbocycles. The van der Waals surface area contributed by atoms with Crippen molar-refractivity contribution in [3.8, 4) is 0 Å². The molecule has 0 fully saturated rings. The van der Waals surface area contributed by atoms with Gasteiger partial charge in [-0.05, 0) is 24.6 Å². The highest BCUT2D eigenvalue weighted by atomic mass is 28.4. The molecule has 3 heteroatoms. The summed E-state index contributed by atoms with van der Waals surface area (Å²) in [6.45, 7) is 12.6. The van der Waals surface area contributed by atoms with Crippen LogP contribution in [-0.2, 0) is 4.43 Å². The Morgan fingerprint density at radius 1 is 0.741 bits per heavy atom. The maximum absolute atomic E-state index is 6.31. The van der Waals surface area contributed by atoms with E-state index in [1.54, 1.807) is 0 Å². The first-order valence-corrected chi connectivity index (χ1v) is 15.0. The minimum Gasteiger partial charge on any atom is -0.417 e. The van der Waals surface area contributed by atoms with Gasteiger partial charge in [-0.3, -0.25) is 0 Å². The maximum atomic E-state index is 6.31. The topological polar surface area (TPSA) is 9.23 Å². The zero-order valence-electron chi connectivity index (χ0n) is 17.9. The number of hydrogen-bond acceptors (Lipinski definition) is 1. The van der Waals surface area contributed by atoms with Crippen LogP contribution in [0, 0.1) is 0 Å². The Morgan fingerprint density at radius 2 is 1.22 bits per heavy atom. The molecule has 0 aromatic heterocycles. The van der Waals surface area contributed by atoms with Crippen LogP contribution in [0.25, 0.3) is 0 Å². The largest absolute Gasteiger partial charge is 0.417 e. The lowest BCUT2D eigenvalue weighted by molar-refractivity contribution is 0.278. The van der Waals surface area contributed by atoms with Crippen molar-refractivity contribution in [2.45, 2.75) is 70.6 Å². The minimum atomic E-state index is -1.57. The van der Waals surface area contributed by atoms with Gasteiger partial charge in [0.2, 0.25) is 0 Å². The van der Waals surface area contributed by atoms with E-state index in [1.807, 2.05) is 0 Å². The Kier molecular flexibility index (Phi) is 8.52. The molecule has 0 N–H and O–H groups in total. The fraction of sp³-hybridized carbons (Fsp3) is 0.500. The van der Waals surface area contributed by atoms with Crippen molar-refractivity contribution in [1.29, 1.82) is 0 Å². The van der Waals surface area contributed by atoms with Crippen molar-refractivity contribution in [1.82, 2.24) is 0 Å². The monoisotopic (exact) mass is 397 g/mol. The van der Waals surface area contributed by atoms with Gasteiger partial charge in [0.1, 0.15) is 8.80 Å². The molecular formula is C24H37OSi2. The highest BCUT2D eigenvalue weighted by molar-refractivity contribution is 6.85. The van der Waals surface area contributed by atoms with Crippen molar-refractivity contribution in [3.05, 3.63) is 60.7 Å². The number of unbranched alkanes of at least 4 members (excludes halogenated alkanes) is 3. The van der Waals surface area contributed by atoms with Crippen molar-refractivity contribution in [3.63, 3.8) is 0 Å². The number of rotatable bonds is 10. The van der Waals surface area contributed by atoms with E-state index in [0.29, 0.717) is 5.04 Å². The second-order valence-electron chi connectivity index (χ2n) is 8.98. The summed E-state index contributed by atoms with van der Waals surface area (Å²) in [4.78, 5) is 0. The maximum Gasteiger partial charge on any atom is 0.191 e. The molecule has 0 amide bonds. The SMILES string of the molecule is CC(C)(C)[Si](C)(C)OCCCCCC[Si](c1ccccc1)c1ccccc1. The zero-order valence-corrected chi connectivity index (χ0v) is 19.9. The van der Waals surface area contributed by atoms with Crippen LogP contribution in [0.15, 0.2) is 60.7 Å². The van der Waals surface area contributed by atoms with E-state index in [0.717, 1.165) is 6.61 Å². The molecule has 2 aromatic carbocycles. The van der Waals surface area contributed by atoms with E-state index in [9.17, 15) is 0 Å². The molecule has 0 bridgehead atoms. The predicted octanol–water partition coefficient (Wildman–Crippen LogP) is 5.88. The first-order chi connectivity index (χ1) is 12.8. The fourth-order valence-corrected chi connectivity index (χ4v) is 6.83. The molecule has 2 rings (SSSR count). The van der Waals surface area contributed by atoms with Crippen LogP contribution in [-0.4, -0.2) is 23.7 Å². The molecule has 0 unspecified atom stereocenters. The summed E-state index contributed by atoms with van der Waals surface area (Å²) in [6, 6.07) is 23.5. The lowest BCUT2D eigenvalue weighted by Crippen LogP contribution is -2.41. The predicted molar refractivity (Wildman–Crippen MR) is 124 cm³/mol. The van der Waals surface area contributed by atoms with Gasteiger partial charge >= 0.3 is 0 Å². The normalized spacial score (nSPS) is 12.5. The van der Waals surface area contributed by atoms with Crippen LogP contribution in [0.3, 0.4) is 0 Å². The van der Waals surface area contributed by atoms with Crippen molar-refractivity contribution in [2.75, 3.05) is 6.61 Å². The van der Waals surface area contributed by atoms with Gasteiger partial charge in [0.15, 0.2) is 8.32 Å². The van der Waals surface area contributed by atoms with Gasteiger partial charge in [-0.1, -0.05) is 117 Å². The third-order valence-electron chi connectivity index (χ3n) is 5.83. The van der Waals surface area contributed by atoms with Crippen molar-refractivity contribution >= 4 is 27.5 Å². The van der Waals surface area contributed by atoms with E-state index in [-0.39, 0.29) is 0 Å².